The molecule has 2 aromatic carbocycles. The highest BCUT2D eigenvalue weighted by Crippen LogP contribution is 2.38. The molecule has 0 aliphatic heterocycles. The number of benzene rings is 2. The van der Waals surface area contributed by atoms with Crippen LogP contribution >= 0.6 is 23.2 Å². The maximum absolute atomic E-state index is 6.17. The highest BCUT2D eigenvalue weighted by Gasteiger charge is 2.26. The van der Waals surface area contributed by atoms with Crippen molar-refractivity contribution in [2.24, 2.45) is 0 Å². The molecule has 0 amide bonds. The fourth-order valence-corrected chi connectivity index (χ4v) is 7.01. The summed E-state index contributed by atoms with van der Waals surface area (Å²) in [6.07, 6.45) is 8.22. The highest BCUT2D eigenvalue weighted by molar-refractivity contribution is 6.31. The third-order valence-electron chi connectivity index (χ3n) is 8.84. The van der Waals surface area contributed by atoms with Gasteiger partial charge in [0.1, 0.15) is 0 Å². The zero-order valence-electron chi connectivity index (χ0n) is 26.5. The number of anilines is 2. The molecular weight excluding hydrogens is 635 g/mol. The minimum Gasteiger partial charge on any atom is -0.481 e. The number of H-pyrrole nitrogens is 2. The predicted molar refractivity (Wildman–Crippen MR) is 187 cm³/mol. The number of hydrogen-bond donors (Lipinski definition) is 4. The molecule has 2 aliphatic rings. The van der Waals surface area contributed by atoms with Gasteiger partial charge in [0, 0.05) is 55.1 Å². The van der Waals surface area contributed by atoms with Crippen molar-refractivity contribution in [2.75, 3.05) is 24.9 Å². The molecule has 6 aromatic rings. The molecule has 4 heterocycles. The van der Waals surface area contributed by atoms with Crippen LogP contribution in [-0.4, -0.2) is 44.1 Å². The number of aromatic amines is 2. The van der Waals surface area contributed by atoms with E-state index in [1.165, 1.54) is 33.3 Å². The average molecular weight is 672 g/mol. The summed E-state index contributed by atoms with van der Waals surface area (Å²) in [6.45, 7) is 1.98. The maximum Gasteiger partial charge on any atom is 0.229 e. The molecule has 0 spiro atoms. The third-order valence-corrected chi connectivity index (χ3v) is 9.31. The Morgan fingerprint density at radius 3 is 1.74 bits per heavy atom. The maximum atomic E-state index is 6.17. The van der Waals surface area contributed by atoms with Crippen molar-refractivity contribution in [3.8, 4) is 11.8 Å². The Hall–Kier alpha value is -4.54. The Balaban J connectivity index is 0.000000151. The third kappa shape index (κ3) is 6.53. The molecule has 4 aromatic heterocycles. The first kappa shape index (κ1) is 31.1. The lowest BCUT2D eigenvalue weighted by Crippen LogP contribution is -2.18. The number of aryl methyl sites for hydroxylation is 3. The van der Waals surface area contributed by atoms with Crippen molar-refractivity contribution in [2.45, 2.75) is 57.5 Å². The van der Waals surface area contributed by atoms with Gasteiger partial charge in [-0.05, 0) is 99.0 Å². The van der Waals surface area contributed by atoms with Gasteiger partial charge in [-0.1, -0.05) is 23.2 Å². The Bertz CT molecular complexity index is 2040. The van der Waals surface area contributed by atoms with Gasteiger partial charge in [-0.3, -0.25) is 0 Å². The molecule has 0 saturated carbocycles. The van der Waals surface area contributed by atoms with Crippen molar-refractivity contribution in [1.82, 2.24) is 29.9 Å². The number of hydrogen-bond acceptors (Lipinski definition) is 8. The second-order valence-corrected chi connectivity index (χ2v) is 12.8. The summed E-state index contributed by atoms with van der Waals surface area (Å²) in [6, 6.07) is 15.9. The fourth-order valence-electron chi connectivity index (χ4n) is 6.67. The van der Waals surface area contributed by atoms with Gasteiger partial charge in [0.2, 0.25) is 23.7 Å². The van der Waals surface area contributed by atoms with Gasteiger partial charge < -0.3 is 30.1 Å². The second kappa shape index (κ2) is 13.3. The van der Waals surface area contributed by atoms with E-state index in [1.807, 2.05) is 37.3 Å². The standard InChI is InChI=1S/C18H19ClN4O2.C17H17ClN4/c1-24-15-9-16(25-2)23-18(22-15)21-14-5-3-4-11-12-8-10(19)6-7-13(12)20-17(11)14;1-10-7-8-19-17(20-10)22-15-4-2-3-12-13-9-11(18)5-6-14(13)21-16(12)15/h6-9,14,20H,3-5H2,1-2H3,(H,21,22,23);5-9,15,21H,2-4H2,1H3,(H,19,20,22). The fraction of sp³-hybridized carbons (Fsp3) is 0.314. The van der Waals surface area contributed by atoms with Crippen LogP contribution in [0, 0.1) is 6.92 Å². The first-order chi connectivity index (χ1) is 22.9. The van der Waals surface area contributed by atoms with Gasteiger partial charge in [0.05, 0.1) is 32.4 Å². The Morgan fingerprint density at radius 2 is 1.23 bits per heavy atom. The molecule has 4 N–H and O–H groups in total. The molecule has 47 heavy (non-hydrogen) atoms. The van der Waals surface area contributed by atoms with E-state index in [4.69, 9.17) is 32.7 Å². The number of nitrogens with one attached hydrogen (secondary N) is 4. The summed E-state index contributed by atoms with van der Waals surface area (Å²) < 4.78 is 10.4. The highest BCUT2D eigenvalue weighted by atomic mass is 35.5. The average Bonchev–Trinajstić information content (AvgIpc) is 3.64. The topological polar surface area (TPSA) is 126 Å². The van der Waals surface area contributed by atoms with Gasteiger partial charge in [0.25, 0.3) is 0 Å². The van der Waals surface area contributed by atoms with Crippen LogP contribution in [0.2, 0.25) is 10.0 Å². The number of aromatic nitrogens is 6. The molecule has 2 atom stereocenters. The molecule has 2 unspecified atom stereocenters. The number of fused-ring (bicyclic) bond motifs is 6. The number of nitrogens with zero attached hydrogens (tertiary/aromatic N) is 4. The number of ether oxygens (including phenoxy) is 2. The lowest BCUT2D eigenvalue weighted by Gasteiger charge is -2.24. The summed E-state index contributed by atoms with van der Waals surface area (Å²) in [7, 11) is 3.15. The first-order valence-corrected chi connectivity index (χ1v) is 16.5. The molecule has 0 radical (unpaired) electrons. The van der Waals surface area contributed by atoms with Gasteiger partial charge in [-0.25, -0.2) is 9.97 Å². The summed E-state index contributed by atoms with van der Waals surface area (Å²) in [5, 5.41) is 10.8. The molecule has 12 heteroatoms. The molecule has 0 saturated heterocycles. The summed E-state index contributed by atoms with van der Waals surface area (Å²) in [4.78, 5) is 24.6. The molecule has 8 rings (SSSR count). The van der Waals surface area contributed by atoms with Crippen LogP contribution in [0.1, 0.15) is 66.0 Å². The van der Waals surface area contributed by atoms with Gasteiger partial charge in [-0.15, -0.1) is 0 Å². The number of methoxy groups -OCH3 is 2. The van der Waals surface area contributed by atoms with Crippen molar-refractivity contribution < 1.29 is 9.47 Å². The Kier molecular flexibility index (Phi) is 8.79. The zero-order valence-corrected chi connectivity index (χ0v) is 28.0. The summed E-state index contributed by atoms with van der Waals surface area (Å²) in [5.74, 6) is 2.11. The monoisotopic (exact) mass is 670 g/mol. The van der Waals surface area contributed by atoms with Gasteiger partial charge in [-0.2, -0.15) is 9.97 Å². The van der Waals surface area contributed by atoms with E-state index >= 15 is 0 Å². The van der Waals surface area contributed by atoms with Gasteiger partial charge >= 0.3 is 0 Å². The van der Waals surface area contributed by atoms with E-state index in [9.17, 15) is 0 Å². The van der Waals surface area contributed by atoms with Crippen LogP contribution in [0.15, 0.2) is 54.7 Å². The minimum absolute atomic E-state index is 0.103. The Morgan fingerprint density at radius 1 is 0.702 bits per heavy atom. The molecule has 10 nitrogen and oxygen atoms in total. The van der Waals surface area contributed by atoms with Crippen LogP contribution in [-0.2, 0) is 12.8 Å². The van der Waals surface area contributed by atoms with Gasteiger partial charge in [0.15, 0.2) is 0 Å². The Labute approximate surface area is 282 Å². The van der Waals surface area contributed by atoms with Crippen LogP contribution in [0.5, 0.6) is 11.8 Å². The van der Waals surface area contributed by atoms with E-state index in [1.54, 1.807) is 26.5 Å². The van der Waals surface area contributed by atoms with Crippen LogP contribution in [0.25, 0.3) is 21.8 Å². The molecule has 2 aliphatic carbocycles. The van der Waals surface area contributed by atoms with Crippen LogP contribution in [0.4, 0.5) is 11.9 Å². The number of halogens is 2. The van der Waals surface area contributed by atoms with Crippen molar-refractivity contribution in [1.29, 1.82) is 0 Å². The SMILES string of the molecule is COc1cc(OC)nc(NC2CCCc3c2[nH]c2ccc(Cl)cc32)n1.Cc1ccnc(NC2CCCc3c2[nH]c2ccc(Cl)cc32)n1. The van der Waals surface area contributed by atoms with E-state index in [0.29, 0.717) is 23.7 Å². The lowest BCUT2D eigenvalue weighted by atomic mass is 9.92. The van der Waals surface area contributed by atoms with Crippen molar-refractivity contribution in [3.05, 3.63) is 93.0 Å². The molecule has 242 valence electrons. The first-order valence-electron chi connectivity index (χ1n) is 15.8. The largest absolute Gasteiger partial charge is 0.481 e. The molecular formula is C35H36Cl2N8O2. The summed E-state index contributed by atoms with van der Waals surface area (Å²) >= 11 is 12.3. The molecule has 0 fully saturated rings. The number of rotatable bonds is 6. The second-order valence-electron chi connectivity index (χ2n) is 11.9. The molecule has 0 bridgehead atoms. The van der Waals surface area contributed by atoms with E-state index in [0.717, 1.165) is 65.3 Å². The van der Waals surface area contributed by atoms with E-state index in [-0.39, 0.29) is 12.1 Å². The van der Waals surface area contributed by atoms with E-state index < -0.39 is 0 Å². The lowest BCUT2D eigenvalue weighted by molar-refractivity contribution is 0.372. The van der Waals surface area contributed by atoms with Crippen molar-refractivity contribution >= 4 is 56.9 Å². The smallest absolute Gasteiger partial charge is 0.229 e. The summed E-state index contributed by atoms with van der Waals surface area (Å²) in [5.41, 5.74) is 8.32. The van der Waals surface area contributed by atoms with Crippen LogP contribution < -0.4 is 20.1 Å². The normalized spacial score (nSPS) is 17.0. The van der Waals surface area contributed by atoms with Crippen LogP contribution in [0.3, 0.4) is 0 Å². The van der Waals surface area contributed by atoms with E-state index in [2.05, 4.69) is 52.7 Å². The zero-order chi connectivity index (χ0) is 32.5. The predicted octanol–water partition coefficient (Wildman–Crippen LogP) is 8.53. The minimum atomic E-state index is 0.103. The quantitative estimate of drug-likeness (QED) is 0.139. The van der Waals surface area contributed by atoms with Crippen molar-refractivity contribution in [3.63, 3.8) is 0 Å².